The third-order valence-corrected chi connectivity index (χ3v) is 4.80. The number of nitrogen functional groups attached to an aromatic ring is 1. The number of hydrogen-bond acceptors (Lipinski definition) is 4. The number of pyridine rings is 1. The molecule has 1 heterocycles. The van der Waals surface area contributed by atoms with E-state index in [1.54, 1.807) is 12.1 Å². The fourth-order valence-electron chi connectivity index (χ4n) is 3.19. The van der Waals surface area contributed by atoms with Gasteiger partial charge in [-0.3, -0.25) is 4.79 Å². The number of unbranched alkanes of at least 4 members (excludes halogenated alkanes) is 3. The number of carbonyl (C=O) groups excluding carboxylic acids is 1. The smallest absolute Gasteiger partial charge is 0.250 e. The molecule has 0 radical (unpaired) electrons. The zero-order valence-electron chi connectivity index (χ0n) is 16.5. The maximum atomic E-state index is 11.1. The molecular weight excluding hydrogens is 362 g/mol. The van der Waals surface area contributed by atoms with E-state index in [-0.39, 0.29) is 0 Å². The van der Waals surface area contributed by atoms with Crippen molar-refractivity contribution in [2.75, 3.05) is 5.73 Å². The molecule has 29 heavy (non-hydrogen) atoms. The van der Waals surface area contributed by atoms with Crippen molar-refractivity contribution in [2.45, 2.75) is 38.5 Å². The molecule has 3 aromatic rings. The number of carbonyl (C=O) groups is 1. The summed E-state index contributed by atoms with van der Waals surface area (Å²) in [6, 6.07) is 19.4. The predicted molar refractivity (Wildman–Crippen MR) is 116 cm³/mol. The van der Waals surface area contributed by atoms with Crippen molar-refractivity contribution in [3.05, 3.63) is 83.6 Å². The highest BCUT2D eigenvalue weighted by Gasteiger charge is 2.03. The van der Waals surface area contributed by atoms with E-state index >= 15 is 0 Å². The zero-order chi connectivity index (χ0) is 20.5. The Kier molecular flexibility index (Phi) is 7.22. The van der Waals surface area contributed by atoms with Crippen molar-refractivity contribution in [1.82, 2.24) is 4.98 Å². The second-order valence-corrected chi connectivity index (χ2v) is 7.15. The summed E-state index contributed by atoms with van der Waals surface area (Å²) in [6.45, 7) is 0. The van der Waals surface area contributed by atoms with Gasteiger partial charge in [-0.15, -0.1) is 0 Å². The lowest BCUT2D eigenvalue weighted by Crippen LogP contribution is -2.10. The van der Waals surface area contributed by atoms with Crippen LogP contribution in [0.15, 0.2) is 66.9 Å². The number of primary amides is 1. The number of ether oxygens (including phenoxy) is 1. The highest BCUT2D eigenvalue weighted by Crippen LogP contribution is 2.21. The van der Waals surface area contributed by atoms with Crippen LogP contribution in [0.1, 0.15) is 47.2 Å². The molecule has 150 valence electrons. The summed E-state index contributed by atoms with van der Waals surface area (Å²) in [5.74, 6) is 0.649. The van der Waals surface area contributed by atoms with E-state index in [1.165, 1.54) is 43.0 Å². The summed E-state index contributed by atoms with van der Waals surface area (Å²) in [5.41, 5.74) is 14.8. The van der Waals surface area contributed by atoms with Crippen LogP contribution in [-0.4, -0.2) is 10.9 Å². The number of rotatable bonds is 10. The minimum absolute atomic E-state index is 0.362. The quantitative estimate of drug-likeness (QED) is 0.381. The van der Waals surface area contributed by atoms with Crippen LogP contribution in [0.3, 0.4) is 0 Å². The summed E-state index contributed by atoms with van der Waals surface area (Å²) in [6.07, 6.45) is 8.37. The molecule has 0 unspecified atom stereocenters. The van der Waals surface area contributed by atoms with E-state index < -0.39 is 5.91 Å². The molecule has 0 saturated carbocycles. The standard InChI is InChI=1S/C24H27N3O2/c25-21-9-5-8-19(16-21)7-4-2-1-3-6-18-10-13-22(14-11-18)29-23-15-12-20(17-27-23)24(26)28/h5,8-17H,1-4,6-7,25H2,(H2,26,28). The van der Waals surface area contributed by atoms with E-state index in [0.717, 1.165) is 24.3 Å². The van der Waals surface area contributed by atoms with Gasteiger partial charge in [-0.1, -0.05) is 37.1 Å². The van der Waals surface area contributed by atoms with Gasteiger partial charge in [-0.05, 0) is 67.1 Å². The third kappa shape index (κ3) is 6.64. The molecular formula is C24H27N3O2. The van der Waals surface area contributed by atoms with Crippen LogP contribution in [0.2, 0.25) is 0 Å². The Balaban J connectivity index is 1.36. The van der Waals surface area contributed by atoms with Crippen molar-refractivity contribution >= 4 is 11.6 Å². The second-order valence-electron chi connectivity index (χ2n) is 7.15. The normalized spacial score (nSPS) is 10.6. The molecule has 0 fully saturated rings. The Morgan fingerprint density at radius 1 is 0.862 bits per heavy atom. The molecule has 0 aliphatic rings. The fraction of sp³-hybridized carbons (Fsp3) is 0.250. The molecule has 3 rings (SSSR count). The monoisotopic (exact) mass is 389 g/mol. The summed E-state index contributed by atoms with van der Waals surface area (Å²) < 4.78 is 5.70. The van der Waals surface area contributed by atoms with Crippen molar-refractivity contribution in [2.24, 2.45) is 5.73 Å². The Morgan fingerprint density at radius 2 is 1.59 bits per heavy atom. The molecule has 4 N–H and O–H groups in total. The molecule has 0 aliphatic carbocycles. The fourth-order valence-corrected chi connectivity index (χ4v) is 3.19. The zero-order valence-corrected chi connectivity index (χ0v) is 16.5. The Bertz CT molecular complexity index is 922. The molecule has 0 atom stereocenters. The van der Waals surface area contributed by atoms with E-state index in [4.69, 9.17) is 16.2 Å². The minimum atomic E-state index is -0.502. The first kappa shape index (κ1) is 20.4. The van der Waals surface area contributed by atoms with Crippen LogP contribution >= 0.6 is 0 Å². The van der Waals surface area contributed by atoms with Crippen molar-refractivity contribution < 1.29 is 9.53 Å². The van der Waals surface area contributed by atoms with E-state index in [1.807, 2.05) is 24.3 Å². The Labute approximate surface area is 171 Å². The van der Waals surface area contributed by atoms with Gasteiger partial charge in [0, 0.05) is 18.0 Å². The van der Waals surface area contributed by atoms with E-state index in [2.05, 4.69) is 29.2 Å². The molecule has 5 nitrogen and oxygen atoms in total. The lowest BCUT2D eigenvalue weighted by atomic mass is 10.0. The molecule has 0 spiro atoms. The van der Waals surface area contributed by atoms with Gasteiger partial charge >= 0.3 is 0 Å². The van der Waals surface area contributed by atoms with Gasteiger partial charge in [0.05, 0.1) is 5.56 Å². The molecule has 5 heteroatoms. The van der Waals surface area contributed by atoms with Gasteiger partial charge in [0.1, 0.15) is 5.75 Å². The highest BCUT2D eigenvalue weighted by atomic mass is 16.5. The van der Waals surface area contributed by atoms with Gasteiger partial charge in [0.25, 0.3) is 0 Å². The maximum absolute atomic E-state index is 11.1. The van der Waals surface area contributed by atoms with Crippen molar-refractivity contribution in [3.8, 4) is 11.6 Å². The molecule has 1 aromatic heterocycles. The van der Waals surface area contributed by atoms with Crippen LogP contribution in [0.5, 0.6) is 11.6 Å². The van der Waals surface area contributed by atoms with Gasteiger partial charge < -0.3 is 16.2 Å². The summed E-state index contributed by atoms with van der Waals surface area (Å²) >= 11 is 0. The van der Waals surface area contributed by atoms with Crippen LogP contribution in [0, 0.1) is 0 Å². The minimum Gasteiger partial charge on any atom is -0.439 e. The average Bonchev–Trinajstić information content (AvgIpc) is 2.72. The third-order valence-electron chi connectivity index (χ3n) is 4.80. The molecule has 0 aliphatic heterocycles. The largest absolute Gasteiger partial charge is 0.439 e. The number of anilines is 1. The lowest BCUT2D eigenvalue weighted by molar-refractivity contribution is 0.1000. The Morgan fingerprint density at radius 3 is 2.21 bits per heavy atom. The highest BCUT2D eigenvalue weighted by molar-refractivity contribution is 5.92. The summed E-state index contributed by atoms with van der Waals surface area (Å²) in [4.78, 5) is 15.2. The molecule has 1 amide bonds. The number of aryl methyl sites for hydroxylation is 2. The first-order valence-electron chi connectivity index (χ1n) is 9.97. The second kappa shape index (κ2) is 10.3. The number of nitrogens with two attached hydrogens (primary N) is 2. The first-order chi connectivity index (χ1) is 14.1. The van der Waals surface area contributed by atoms with Crippen LogP contribution in [0.25, 0.3) is 0 Å². The topological polar surface area (TPSA) is 91.2 Å². The number of hydrogen-bond donors (Lipinski definition) is 2. The number of aromatic nitrogens is 1. The molecule has 0 saturated heterocycles. The van der Waals surface area contributed by atoms with E-state index in [0.29, 0.717) is 11.4 Å². The number of nitrogens with zero attached hydrogens (tertiary/aromatic N) is 1. The predicted octanol–water partition coefficient (Wildman–Crippen LogP) is 4.90. The summed E-state index contributed by atoms with van der Waals surface area (Å²) in [7, 11) is 0. The van der Waals surface area contributed by atoms with Gasteiger partial charge in [-0.25, -0.2) is 4.98 Å². The number of benzene rings is 2. The molecule has 2 aromatic carbocycles. The van der Waals surface area contributed by atoms with Gasteiger partial charge in [0.15, 0.2) is 0 Å². The lowest BCUT2D eigenvalue weighted by Gasteiger charge is -2.07. The van der Waals surface area contributed by atoms with Crippen LogP contribution in [0.4, 0.5) is 5.69 Å². The van der Waals surface area contributed by atoms with Crippen molar-refractivity contribution in [3.63, 3.8) is 0 Å². The van der Waals surface area contributed by atoms with Crippen LogP contribution in [-0.2, 0) is 12.8 Å². The SMILES string of the molecule is NC(=O)c1ccc(Oc2ccc(CCCCCCc3cccc(N)c3)cc2)nc1. The van der Waals surface area contributed by atoms with Gasteiger partial charge in [0.2, 0.25) is 11.8 Å². The molecule has 0 bridgehead atoms. The van der Waals surface area contributed by atoms with Crippen LogP contribution < -0.4 is 16.2 Å². The van der Waals surface area contributed by atoms with Gasteiger partial charge in [-0.2, -0.15) is 0 Å². The summed E-state index contributed by atoms with van der Waals surface area (Å²) in [5, 5.41) is 0. The van der Waals surface area contributed by atoms with Crippen molar-refractivity contribution in [1.29, 1.82) is 0 Å². The number of amides is 1. The average molecular weight is 389 g/mol. The van der Waals surface area contributed by atoms with E-state index in [9.17, 15) is 4.79 Å². The maximum Gasteiger partial charge on any atom is 0.250 e. The first-order valence-corrected chi connectivity index (χ1v) is 9.97. The Hall–Kier alpha value is -3.34.